The van der Waals surface area contributed by atoms with Gasteiger partial charge in [-0.05, 0) is 41.5 Å². The number of carboxylic acid groups (broad SMARTS) is 1. The molecule has 49 heavy (non-hydrogen) atoms. The summed E-state index contributed by atoms with van der Waals surface area (Å²) in [5.74, 6) is -4.12. The summed E-state index contributed by atoms with van der Waals surface area (Å²) in [6, 6.07) is 17.6. The van der Waals surface area contributed by atoms with E-state index in [0.29, 0.717) is 11.3 Å². The number of imidazole rings is 1. The fourth-order valence-corrected chi connectivity index (χ4v) is 5.42. The number of aliphatic carboxylic acids is 1. The zero-order valence-electron chi connectivity index (χ0n) is 26.3. The lowest BCUT2D eigenvalue weighted by atomic mass is 10.0. The Morgan fingerprint density at radius 3 is 2.10 bits per heavy atom. The van der Waals surface area contributed by atoms with Crippen molar-refractivity contribution >= 4 is 40.4 Å². The third-order valence-electron chi connectivity index (χ3n) is 8.01. The number of rotatable bonds is 16. The third kappa shape index (κ3) is 9.47. The van der Waals surface area contributed by atoms with E-state index in [2.05, 4.69) is 30.9 Å². The molecule has 0 spiro atoms. The third-order valence-corrected chi connectivity index (χ3v) is 8.01. The molecule has 5 rings (SSSR count). The van der Waals surface area contributed by atoms with E-state index in [-0.39, 0.29) is 43.5 Å². The second kappa shape index (κ2) is 16.1. The summed E-state index contributed by atoms with van der Waals surface area (Å²) in [7, 11) is 0. The number of nitrogens with one attached hydrogen (secondary N) is 5. The quantitative estimate of drug-likeness (QED) is 0.0873. The molecular formula is C36H35FN6O6. The van der Waals surface area contributed by atoms with Gasteiger partial charge in [-0.25, -0.2) is 14.2 Å². The SMILES string of the molecule is O=C(CCC(=O)c1ccc(F)cc1)N[C@@H](Cc1c[nH]c2ccccc12)C(=O)N[C@H](Cc1ccccc1)C(=O)N[C@@H](Cc1cnc[nH]1)C(=O)O. The van der Waals surface area contributed by atoms with Gasteiger partial charge in [0.05, 0.1) is 6.33 Å². The van der Waals surface area contributed by atoms with Crippen LogP contribution in [0.1, 0.15) is 40.0 Å². The topological polar surface area (TPSA) is 186 Å². The van der Waals surface area contributed by atoms with Gasteiger partial charge in [-0.1, -0.05) is 48.5 Å². The number of para-hydroxylation sites is 1. The number of benzene rings is 3. The molecule has 0 fully saturated rings. The Morgan fingerprint density at radius 1 is 0.735 bits per heavy atom. The minimum absolute atomic E-state index is 0.0364. The monoisotopic (exact) mass is 666 g/mol. The van der Waals surface area contributed by atoms with E-state index in [1.807, 2.05) is 24.3 Å². The number of Topliss-reactive ketones (excluding diaryl/α,β-unsaturated/α-hetero) is 1. The van der Waals surface area contributed by atoms with E-state index in [4.69, 9.17) is 0 Å². The fraction of sp³-hybridized carbons (Fsp3) is 0.222. The highest BCUT2D eigenvalue weighted by Gasteiger charge is 2.31. The van der Waals surface area contributed by atoms with E-state index in [9.17, 15) is 33.5 Å². The van der Waals surface area contributed by atoms with Gasteiger partial charge in [-0.2, -0.15) is 0 Å². The van der Waals surface area contributed by atoms with Crippen molar-refractivity contribution in [3.05, 3.63) is 126 Å². The molecule has 0 aliphatic rings. The van der Waals surface area contributed by atoms with Crippen molar-refractivity contribution in [1.29, 1.82) is 0 Å². The predicted molar refractivity (Wildman–Crippen MR) is 178 cm³/mol. The van der Waals surface area contributed by atoms with E-state index in [1.54, 1.807) is 36.5 Å². The molecule has 0 aliphatic carbocycles. The molecule has 252 valence electrons. The van der Waals surface area contributed by atoms with Crippen molar-refractivity contribution in [3.63, 3.8) is 0 Å². The molecule has 6 N–H and O–H groups in total. The highest BCUT2D eigenvalue weighted by Crippen LogP contribution is 2.20. The molecule has 0 bridgehead atoms. The van der Waals surface area contributed by atoms with Gasteiger partial charge in [0, 0.05) is 66.7 Å². The Bertz CT molecular complexity index is 1910. The van der Waals surface area contributed by atoms with Crippen LogP contribution in [0.15, 0.2) is 97.6 Å². The van der Waals surface area contributed by atoms with Crippen LogP contribution < -0.4 is 16.0 Å². The number of carboxylic acids is 1. The van der Waals surface area contributed by atoms with Crippen LogP contribution in [0.3, 0.4) is 0 Å². The van der Waals surface area contributed by atoms with Gasteiger partial charge < -0.3 is 31.0 Å². The number of aromatic nitrogens is 3. The molecule has 0 unspecified atom stereocenters. The van der Waals surface area contributed by atoms with Gasteiger partial charge in [0.2, 0.25) is 17.7 Å². The number of hydrogen-bond donors (Lipinski definition) is 6. The summed E-state index contributed by atoms with van der Waals surface area (Å²) >= 11 is 0. The first kappa shape index (κ1) is 34.2. The standard InChI is InChI=1S/C36H35FN6O6/c37-25-12-10-23(11-13-25)32(44)14-15-33(45)41-30(17-24-19-39-28-9-5-4-8-27(24)28)35(47)42-29(16-22-6-2-1-3-7-22)34(46)43-31(36(48)49)18-26-20-38-21-40-26/h1-13,19-21,29-31,39H,14-18H2,(H,38,40)(H,41,45)(H,42,47)(H,43,46)(H,48,49)/t29-,30+,31+/m1/s1. The van der Waals surface area contributed by atoms with Gasteiger partial charge >= 0.3 is 5.97 Å². The molecule has 3 aromatic carbocycles. The van der Waals surface area contributed by atoms with Crippen molar-refractivity contribution in [2.75, 3.05) is 0 Å². The minimum Gasteiger partial charge on any atom is -0.480 e. The Hall–Kier alpha value is -6.11. The van der Waals surface area contributed by atoms with Crippen LogP contribution in [0, 0.1) is 5.82 Å². The number of hydrogen-bond acceptors (Lipinski definition) is 6. The highest BCUT2D eigenvalue weighted by atomic mass is 19.1. The average Bonchev–Trinajstić information content (AvgIpc) is 3.77. The number of carbonyl (C=O) groups is 5. The summed E-state index contributed by atoms with van der Waals surface area (Å²) in [6.45, 7) is 0. The molecule has 0 aliphatic heterocycles. The number of ketones is 1. The Morgan fingerprint density at radius 2 is 1.41 bits per heavy atom. The molecule has 0 saturated heterocycles. The lowest BCUT2D eigenvalue weighted by molar-refractivity contribution is -0.142. The molecule has 13 heteroatoms. The molecule has 0 saturated carbocycles. The first-order chi connectivity index (χ1) is 23.7. The first-order valence-electron chi connectivity index (χ1n) is 15.6. The zero-order chi connectivity index (χ0) is 34.8. The maximum Gasteiger partial charge on any atom is 0.326 e. The lowest BCUT2D eigenvalue weighted by Gasteiger charge is -2.25. The number of nitrogens with zero attached hydrogens (tertiary/aromatic N) is 1. The summed E-state index contributed by atoms with van der Waals surface area (Å²) < 4.78 is 13.3. The Labute approximate surface area is 280 Å². The average molecular weight is 667 g/mol. The van der Waals surface area contributed by atoms with E-state index in [1.165, 1.54) is 24.7 Å². The molecule has 2 heterocycles. The predicted octanol–water partition coefficient (Wildman–Crippen LogP) is 3.26. The van der Waals surface area contributed by atoms with Crippen molar-refractivity contribution in [3.8, 4) is 0 Å². The van der Waals surface area contributed by atoms with E-state index < -0.39 is 47.6 Å². The summed E-state index contributed by atoms with van der Waals surface area (Å²) in [6.07, 6.45) is 4.19. The van der Waals surface area contributed by atoms with Gasteiger partial charge in [-0.15, -0.1) is 0 Å². The molecule has 12 nitrogen and oxygen atoms in total. The summed E-state index contributed by atoms with van der Waals surface area (Å²) in [5, 5.41) is 18.7. The number of aromatic amines is 2. The molecule has 5 aromatic rings. The van der Waals surface area contributed by atoms with Crippen LogP contribution in [-0.2, 0) is 38.4 Å². The second-order valence-electron chi connectivity index (χ2n) is 11.5. The van der Waals surface area contributed by atoms with Crippen LogP contribution in [0.2, 0.25) is 0 Å². The van der Waals surface area contributed by atoms with Gasteiger partial charge in [0.1, 0.15) is 23.9 Å². The minimum atomic E-state index is -1.32. The first-order valence-corrected chi connectivity index (χ1v) is 15.6. The normalized spacial score (nSPS) is 12.8. The molecule has 0 radical (unpaired) electrons. The number of fused-ring (bicyclic) bond motifs is 1. The number of halogens is 1. The zero-order valence-corrected chi connectivity index (χ0v) is 26.3. The van der Waals surface area contributed by atoms with Crippen LogP contribution in [0.5, 0.6) is 0 Å². The number of amides is 3. The van der Waals surface area contributed by atoms with Crippen LogP contribution in [0.25, 0.3) is 10.9 Å². The molecule has 3 amide bonds. The molecule has 3 atom stereocenters. The highest BCUT2D eigenvalue weighted by molar-refractivity contribution is 5.99. The van der Waals surface area contributed by atoms with Crippen molar-refractivity contribution in [1.82, 2.24) is 30.9 Å². The summed E-state index contributed by atoms with van der Waals surface area (Å²) in [5.41, 5.74) is 3.01. The Balaban J connectivity index is 1.35. The second-order valence-corrected chi connectivity index (χ2v) is 11.5. The fourth-order valence-electron chi connectivity index (χ4n) is 5.42. The van der Waals surface area contributed by atoms with E-state index in [0.717, 1.165) is 28.6 Å². The van der Waals surface area contributed by atoms with Crippen molar-refractivity contribution in [2.24, 2.45) is 0 Å². The van der Waals surface area contributed by atoms with Crippen molar-refractivity contribution in [2.45, 2.75) is 50.2 Å². The number of carbonyl (C=O) groups excluding carboxylic acids is 4. The maximum atomic E-state index is 14.0. The van der Waals surface area contributed by atoms with Crippen LogP contribution >= 0.6 is 0 Å². The van der Waals surface area contributed by atoms with Gasteiger partial charge in [0.15, 0.2) is 5.78 Å². The van der Waals surface area contributed by atoms with Crippen molar-refractivity contribution < 1.29 is 33.5 Å². The lowest BCUT2D eigenvalue weighted by Crippen LogP contribution is -2.57. The molecule has 2 aromatic heterocycles. The van der Waals surface area contributed by atoms with Gasteiger partial charge in [-0.3, -0.25) is 19.2 Å². The summed E-state index contributed by atoms with van der Waals surface area (Å²) in [4.78, 5) is 75.3. The smallest absolute Gasteiger partial charge is 0.326 e. The van der Waals surface area contributed by atoms with Crippen LogP contribution in [-0.4, -0.2) is 67.7 Å². The number of H-pyrrole nitrogens is 2. The maximum absolute atomic E-state index is 14.0. The molecular weight excluding hydrogens is 631 g/mol. The Kier molecular flexibility index (Phi) is 11.3. The van der Waals surface area contributed by atoms with Crippen LogP contribution in [0.4, 0.5) is 4.39 Å². The van der Waals surface area contributed by atoms with Gasteiger partial charge in [0.25, 0.3) is 0 Å². The van der Waals surface area contributed by atoms with E-state index >= 15 is 0 Å². The largest absolute Gasteiger partial charge is 0.480 e.